The first-order valence-corrected chi connectivity index (χ1v) is 6.89. The van der Waals surface area contributed by atoms with Gasteiger partial charge in [-0.3, -0.25) is 4.79 Å². The lowest BCUT2D eigenvalue weighted by Gasteiger charge is -2.22. The zero-order chi connectivity index (χ0) is 14.9. The molecule has 0 aromatic carbocycles. The predicted octanol–water partition coefficient (Wildman–Crippen LogP) is 1.52. The summed E-state index contributed by atoms with van der Waals surface area (Å²) in [5.41, 5.74) is 0. The number of carbonyl (C=O) groups is 1. The summed E-state index contributed by atoms with van der Waals surface area (Å²) in [4.78, 5) is 19.1. The number of nitrogens with zero attached hydrogens (tertiary/aromatic N) is 2. The molecule has 1 fully saturated rings. The Morgan fingerprint density at radius 2 is 2.33 bits per heavy atom. The number of hydrogen-bond donors (Lipinski definition) is 1. The molecule has 0 bridgehead atoms. The van der Waals surface area contributed by atoms with Crippen molar-refractivity contribution in [1.82, 2.24) is 9.97 Å². The number of ether oxygens (including phenoxy) is 3. The minimum Gasteiger partial charge on any atom is -0.474 e. The first-order chi connectivity index (χ1) is 10.3. The standard InChI is InChI=1S/C14H19N3O4/c1-2-12(18)17-11-9-16-13(10-15-11)19-7-8-21-14-5-3-4-6-20-14/h2,9-10,14H,1,3-8H2,(H,15,17,18). The minimum absolute atomic E-state index is 0.120. The molecule has 1 amide bonds. The topological polar surface area (TPSA) is 82.6 Å². The summed E-state index contributed by atoms with van der Waals surface area (Å²) in [7, 11) is 0. The van der Waals surface area contributed by atoms with Crippen LogP contribution in [-0.2, 0) is 14.3 Å². The van der Waals surface area contributed by atoms with Gasteiger partial charge >= 0.3 is 0 Å². The van der Waals surface area contributed by atoms with Crippen LogP contribution in [0.3, 0.4) is 0 Å². The van der Waals surface area contributed by atoms with Gasteiger partial charge in [-0.15, -0.1) is 0 Å². The number of aromatic nitrogens is 2. The lowest BCUT2D eigenvalue weighted by Crippen LogP contribution is -2.24. The molecule has 1 atom stereocenters. The van der Waals surface area contributed by atoms with E-state index in [1.807, 2.05) is 0 Å². The van der Waals surface area contributed by atoms with E-state index in [2.05, 4.69) is 21.9 Å². The maximum Gasteiger partial charge on any atom is 0.248 e. The van der Waals surface area contributed by atoms with Crippen molar-refractivity contribution in [3.8, 4) is 5.88 Å². The van der Waals surface area contributed by atoms with E-state index in [1.165, 1.54) is 12.4 Å². The quantitative estimate of drug-likeness (QED) is 0.606. The van der Waals surface area contributed by atoms with Crippen LogP contribution in [0.4, 0.5) is 5.82 Å². The highest BCUT2D eigenvalue weighted by atomic mass is 16.7. The SMILES string of the molecule is C=CC(=O)Nc1cnc(OCCOC2CCCCO2)cn1. The molecule has 2 rings (SSSR count). The zero-order valence-corrected chi connectivity index (χ0v) is 11.8. The van der Waals surface area contributed by atoms with Crippen molar-refractivity contribution in [3.63, 3.8) is 0 Å². The molecule has 7 heteroatoms. The summed E-state index contributed by atoms with van der Waals surface area (Å²) < 4.78 is 16.4. The minimum atomic E-state index is -0.334. The highest BCUT2D eigenvalue weighted by molar-refractivity contribution is 5.98. The van der Waals surface area contributed by atoms with Crippen molar-refractivity contribution in [2.45, 2.75) is 25.6 Å². The van der Waals surface area contributed by atoms with E-state index in [4.69, 9.17) is 14.2 Å². The zero-order valence-electron chi connectivity index (χ0n) is 11.8. The fourth-order valence-electron chi connectivity index (χ4n) is 1.80. The summed E-state index contributed by atoms with van der Waals surface area (Å²) in [5.74, 6) is 0.387. The molecule has 1 N–H and O–H groups in total. The molecule has 1 aromatic rings. The Morgan fingerprint density at radius 3 is 3.00 bits per heavy atom. The van der Waals surface area contributed by atoms with Crippen molar-refractivity contribution in [1.29, 1.82) is 0 Å². The van der Waals surface area contributed by atoms with Gasteiger partial charge in [-0.05, 0) is 25.3 Å². The second kappa shape index (κ2) is 8.33. The Hall–Kier alpha value is -1.99. The van der Waals surface area contributed by atoms with E-state index in [9.17, 15) is 4.79 Å². The average Bonchev–Trinajstić information content (AvgIpc) is 2.54. The third-order valence-corrected chi connectivity index (χ3v) is 2.84. The highest BCUT2D eigenvalue weighted by Gasteiger charge is 2.13. The third kappa shape index (κ3) is 5.49. The molecule has 0 radical (unpaired) electrons. The molecule has 0 saturated carbocycles. The molecule has 2 heterocycles. The van der Waals surface area contributed by atoms with Gasteiger partial charge in [0, 0.05) is 6.61 Å². The molecular formula is C14H19N3O4. The van der Waals surface area contributed by atoms with E-state index in [1.54, 1.807) is 0 Å². The van der Waals surface area contributed by atoms with Gasteiger partial charge in [0.2, 0.25) is 11.8 Å². The van der Waals surface area contributed by atoms with Crippen LogP contribution in [0.5, 0.6) is 5.88 Å². The Balaban J connectivity index is 1.66. The van der Waals surface area contributed by atoms with Crippen LogP contribution < -0.4 is 10.1 Å². The molecule has 1 aliphatic heterocycles. The van der Waals surface area contributed by atoms with Gasteiger partial charge in [0.05, 0.1) is 19.0 Å². The van der Waals surface area contributed by atoms with Crippen molar-refractivity contribution in [2.24, 2.45) is 0 Å². The predicted molar refractivity (Wildman–Crippen MR) is 75.9 cm³/mol. The molecule has 7 nitrogen and oxygen atoms in total. The molecule has 1 unspecified atom stereocenters. The first-order valence-electron chi connectivity index (χ1n) is 6.89. The van der Waals surface area contributed by atoms with Crippen LogP contribution in [0.1, 0.15) is 19.3 Å². The molecule has 0 spiro atoms. The van der Waals surface area contributed by atoms with Crippen molar-refractivity contribution in [2.75, 3.05) is 25.1 Å². The largest absolute Gasteiger partial charge is 0.474 e. The second-order valence-electron chi connectivity index (χ2n) is 4.45. The summed E-state index contributed by atoms with van der Waals surface area (Å²) in [5, 5.41) is 2.50. The van der Waals surface area contributed by atoms with Crippen molar-refractivity contribution >= 4 is 11.7 Å². The lowest BCUT2D eigenvalue weighted by atomic mass is 10.2. The molecule has 1 aromatic heterocycles. The van der Waals surface area contributed by atoms with Crippen LogP contribution in [0, 0.1) is 0 Å². The molecular weight excluding hydrogens is 274 g/mol. The van der Waals surface area contributed by atoms with E-state index < -0.39 is 0 Å². The summed E-state index contributed by atoms with van der Waals surface area (Å²) in [6, 6.07) is 0. The number of hydrogen-bond acceptors (Lipinski definition) is 6. The third-order valence-electron chi connectivity index (χ3n) is 2.84. The molecule has 114 valence electrons. The maximum absolute atomic E-state index is 11.1. The van der Waals surface area contributed by atoms with E-state index >= 15 is 0 Å². The van der Waals surface area contributed by atoms with Gasteiger partial charge in [-0.1, -0.05) is 6.58 Å². The van der Waals surface area contributed by atoms with Crippen molar-refractivity contribution < 1.29 is 19.0 Å². The van der Waals surface area contributed by atoms with Crippen LogP contribution >= 0.6 is 0 Å². The molecule has 1 saturated heterocycles. The van der Waals surface area contributed by atoms with Gasteiger partial charge < -0.3 is 19.5 Å². The Labute approximate surface area is 123 Å². The highest BCUT2D eigenvalue weighted by Crippen LogP contribution is 2.13. The Bertz CT molecular complexity index is 458. The fourth-order valence-corrected chi connectivity index (χ4v) is 1.80. The average molecular weight is 293 g/mol. The number of amides is 1. The molecule has 0 aliphatic carbocycles. The Morgan fingerprint density at radius 1 is 1.43 bits per heavy atom. The summed E-state index contributed by atoms with van der Waals surface area (Å²) in [6.45, 7) is 4.91. The van der Waals surface area contributed by atoms with Crippen LogP contribution in [0.15, 0.2) is 25.0 Å². The van der Waals surface area contributed by atoms with Gasteiger partial charge in [0.15, 0.2) is 12.1 Å². The number of nitrogens with one attached hydrogen (secondary N) is 1. The molecule has 1 aliphatic rings. The number of carbonyl (C=O) groups excluding carboxylic acids is 1. The molecule has 21 heavy (non-hydrogen) atoms. The van der Waals surface area contributed by atoms with Crippen LogP contribution in [-0.4, -0.2) is 42.0 Å². The monoisotopic (exact) mass is 293 g/mol. The normalized spacial score (nSPS) is 18.0. The second-order valence-corrected chi connectivity index (χ2v) is 4.45. The van der Waals surface area contributed by atoms with Gasteiger partial charge in [0.25, 0.3) is 0 Å². The van der Waals surface area contributed by atoms with E-state index in [0.717, 1.165) is 31.9 Å². The van der Waals surface area contributed by atoms with E-state index in [0.29, 0.717) is 24.9 Å². The lowest BCUT2D eigenvalue weighted by molar-refractivity contribution is -0.165. The van der Waals surface area contributed by atoms with Gasteiger partial charge in [0.1, 0.15) is 6.61 Å². The van der Waals surface area contributed by atoms with Gasteiger partial charge in [-0.2, -0.15) is 0 Å². The summed E-state index contributed by atoms with van der Waals surface area (Å²) in [6.07, 6.45) is 7.06. The first kappa shape index (κ1) is 15.4. The van der Waals surface area contributed by atoms with Crippen molar-refractivity contribution in [3.05, 3.63) is 25.0 Å². The van der Waals surface area contributed by atoms with Gasteiger partial charge in [-0.25, -0.2) is 9.97 Å². The summed E-state index contributed by atoms with van der Waals surface area (Å²) >= 11 is 0. The Kier molecular flexibility index (Phi) is 6.11. The smallest absolute Gasteiger partial charge is 0.248 e. The van der Waals surface area contributed by atoms with E-state index in [-0.39, 0.29) is 12.2 Å². The maximum atomic E-state index is 11.1. The fraction of sp³-hybridized carbons (Fsp3) is 0.500. The van der Waals surface area contributed by atoms with Crippen LogP contribution in [0.25, 0.3) is 0 Å². The number of rotatable bonds is 7. The van der Waals surface area contributed by atoms with Crippen LogP contribution in [0.2, 0.25) is 0 Å². The number of anilines is 1.